The van der Waals surface area contributed by atoms with Crippen LogP contribution in [0.2, 0.25) is 5.02 Å². The number of fused-ring (bicyclic) bond motifs is 1. The van der Waals surface area contributed by atoms with Gasteiger partial charge >= 0.3 is 12.1 Å². The number of carbonyl (C=O) groups excluding carboxylic acids is 1. The smallest absolute Gasteiger partial charge is 0.410 e. The third kappa shape index (κ3) is 7.50. The number of aromatic carboxylic acids is 1. The first-order valence-electron chi connectivity index (χ1n) is 16.6. The van der Waals surface area contributed by atoms with Gasteiger partial charge in [-0.1, -0.05) is 29.8 Å². The Morgan fingerprint density at radius 2 is 1.67 bits per heavy atom. The van der Waals surface area contributed by atoms with E-state index in [1.807, 2.05) is 89.0 Å². The van der Waals surface area contributed by atoms with E-state index in [1.165, 1.54) is 0 Å². The molecular formula is C37H48ClN5O5. The lowest BCUT2D eigenvalue weighted by atomic mass is 9.98. The van der Waals surface area contributed by atoms with Gasteiger partial charge in [0.25, 0.3) is 0 Å². The summed E-state index contributed by atoms with van der Waals surface area (Å²) >= 11 is 6.35. The molecule has 2 aromatic heterocycles. The van der Waals surface area contributed by atoms with Gasteiger partial charge < -0.3 is 24.0 Å². The highest BCUT2D eigenvalue weighted by molar-refractivity contribution is 6.32. The number of carboxylic acids is 1. The molecule has 10 nitrogen and oxygen atoms in total. The maximum Gasteiger partial charge on any atom is 0.410 e. The Balaban J connectivity index is 1.44. The van der Waals surface area contributed by atoms with Gasteiger partial charge in [0.1, 0.15) is 17.0 Å². The summed E-state index contributed by atoms with van der Waals surface area (Å²) in [5.74, 6) is -0.196. The number of benzene rings is 2. The van der Waals surface area contributed by atoms with E-state index >= 15 is 0 Å². The van der Waals surface area contributed by atoms with Crippen LogP contribution in [0.1, 0.15) is 65.8 Å². The Morgan fingerprint density at radius 1 is 1.00 bits per heavy atom. The summed E-state index contributed by atoms with van der Waals surface area (Å²) in [7, 11) is 1.93. The fraction of sp³-hybridized carbons (Fsp3) is 0.486. The molecule has 5 rings (SSSR count). The zero-order valence-corrected chi connectivity index (χ0v) is 30.2. The summed E-state index contributed by atoms with van der Waals surface area (Å²) < 4.78 is 15.5. The molecule has 258 valence electrons. The number of nitrogens with zero attached hydrogens (tertiary/aromatic N) is 5. The lowest BCUT2D eigenvalue weighted by Crippen LogP contribution is -2.50. The molecule has 48 heavy (non-hydrogen) atoms. The largest absolute Gasteiger partial charge is 0.494 e. The normalized spacial score (nSPS) is 14.1. The number of carboxylic acid groups (broad SMARTS) is 1. The number of ether oxygens (including phenoxy) is 2. The molecule has 2 aromatic carbocycles. The van der Waals surface area contributed by atoms with E-state index in [0.29, 0.717) is 64.4 Å². The standard InChI is InChI=1S/C37H48ClN5O5/c1-23-21-27(22-24(2)32(23)38)47-20-10-13-29-28-11-9-12-30(31-25(3)39-40(8)26(31)4)33(28)43(34(29)35(44)45)19-16-41-14-17-42(18-15-41)36(46)48-37(5,6)7/h9,11-12,21-22H,10,13-20H2,1-8H3,(H,44,45). The lowest BCUT2D eigenvalue weighted by molar-refractivity contribution is 0.0142. The van der Waals surface area contributed by atoms with Crippen LogP contribution in [0.5, 0.6) is 5.75 Å². The highest BCUT2D eigenvalue weighted by Gasteiger charge is 2.28. The molecule has 0 unspecified atom stereocenters. The third-order valence-corrected chi connectivity index (χ3v) is 9.68. The average molecular weight is 678 g/mol. The first-order chi connectivity index (χ1) is 22.7. The molecule has 0 radical (unpaired) electrons. The molecule has 0 atom stereocenters. The molecule has 11 heteroatoms. The Bertz CT molecular complexity index is 1800. The Labute approximate surface area is 288 Å². The minimum atomic E-state index is -0.952. The molecule has 0 aliphatic carbocycles. The van der Waals surface area contributed by atoms with Gasteiger partial charge in [-0.25, -0.2) is 9.59 Å². The second kappa shape index (κ2) is 14.2. The van der Waals surface area contributed by atoms with Crippen molar-refractivity contribution in [1.29, 1.82) is 0 Å². The highest BCUT2D eigenvalue weighted by Crippen LogP contribution is 2.38. The quantitative estimate of drug-likeness (QED) is 0.177. The van der Waals surface area contributed by atoms with Crippen molar-refractivity contribution in [3.63, 3.8) is 0 Å². The number of amides is 1. The van der Waals surface area contributed by atoms with Gasteiger partial charge in [-0.3, -0.25) is 9.58 Å². The second-order valence-electron chi connectivity index (χ2n) is 13.8. The van der Waals surface area contributed by atoms with Gasteiger partial charge in [0.05, 0.1) is 17.8 Å². The fourth-order valence-corrected chi connectivity index (χ4v) is 6.83. The van der Waals surface area contributed by atoms with Crippen molar-refractivity contribution >= 4 is 34.6 Å². The zero-order valence-electron chi connectivity index (χ0n) is 29.4. The number of halogens is 1. The zero-order chi connectivity index (χ0) is 34.9. The Kier molecular flexibility index (Phi) is 10.5. The summed E-state index contributed by atoms with van der Waals surface area (Å²) in [6.45, 7) is 17.6. The van der Waals surface area contributed by atoms with Crippen LogP contribution in [-0.4, -0.2) is 86.2 Å². The van der Waals surface area contributed by atoms with E-state index in [-0.39, 0.29) is 6.09 Å². The van der Waals surface area contributed by atoms with Crippen molar-refractivity contribution in [2.45, 2.75) is 73.5 Å². The molecule has 0 spiro atoms. The number of para-hydroxylation sites is 1. The van der Waals surface area contributed by atoms with Crippen molar-refractivity contribution in [2.24, 2.45) is 7.05 Å². The number of aromatic nitrogens is 3. The topological polar surface area (TPSA) is 102 Å². The molecule has 4 aromatic rings. The van der Waals surface area contributed by atoms with E-state index in [2.05, 4.69) is 16.1 Å². The molecule has 1 N–H and O–H groups in total. The second-order valence-corrected chi connectivity index (χ2v) is 14.2. The molecule has 3 heterocycles. The summed E-state index contributed by atoms with van der Waals surface area (Å²) in [5.41, 5.74) is 7.31. The van der Waals surface area contributed by atoms with Crippen molar-refractivity contribution < 1.29 is 24.2 Å². The van der Waals surface area contributed by atoms with Crippen LogP contribution in [0, 0.1) is 27.7 Å². The van der Waals surface area contributed by atoms with Crippen molar-refractivity contribution in [3.8, 4) is 16.9 Å². The fourth-order valence-electron chi connectivity index (χ4n) is 6.72. The minimum absolute atomic E-state index is 0.298. The van der Waals surface area contributed by atoms with Crippen LogP contribution >= 0.6 is 11.6 Å². The van der Waals surface area contributed by atoms with Crippen LogP contribution in [0.15, 0.2) is 30.3 Å². The molecular weight excluding hydrogens is 630 g/mol. The van der Waals surface area contributed by atoms with Crippen LogP contribution in [0.3, 0.4) is 0 Å². The molecule has 1 saturated heterocycles. The summed E-state index contributed by atoms with van der Waals surface area (Å²) in [6, 6.07) is 9.97. The van der Waals surface area contributed by atoms with Gasteiger partial charge in [0.2, 0.25) is 0 Å². The van der Waals surface area contributed by atoms with Crippen LogP contribution in [0.4, 0.5) is 4.79 Å². The van der Waals surface area contributed by atoms with Gasteiger partial charge in [-0.15, -0.1) is 0 Å². The average Bonchev–Trinajstić information content (AvgIpc) is 3.47. The molecule has 1 aliphatic heterocycles. The number of carbonyl (C=O) groups is 2. The van der Waals surface area contributed by atoms with Gasteiger partial charge in [0.15, 0.2) is 0 Å². The van der Waals surface area contributed by atoms with E-state index in [1.54, 1.807) is 4.90 Å². The minimum Gasteiger partial charge on any atom is -0.494 e. The predicted molar refractivity (Wildman–Crippen MR) is 190 cm³/mol. The van der Waals surface area contributed by atoms with Crippen LogP contribution < -0.4 is 4.74 Å². The number of hydrogen-bond donors (Lipinski definition) is 1. The first-order valence-corrected chi connectivity index (χ1v) is 17.0. The SMILES string of the molecule is Cc1cc(OCCCc2c(C(=O)O)n(CCN3CCN(C(=O)OC(C)(C)C)CC3)c3c(-c4c(C)nn(C)c4C)cccc23)cc(C)c1Cl. The third-order valence-electron chi connectivity index (χ3n) is 9.08. The van der Waals surface area contributed by atoms with Crippen LogP contribution in [0.25, 0.3) is 22.0 Å². The summed E-state index contributed by atoms with van der Waals surface area (Å²) in [6.07, 6.45) is 0.885. The van der Waals surface area contributed by atoms with Gasteiger partial charge in [0, 0.05) is 73.5 Å². The molecule has 0 bridgehead atoms. The highest BCUT2D eigenvalue weighted by atomic mass is 35.5. The summed E-state index contributed by atoms with van der Waals surface area (Å²) in [5, 5.41) is 17.1. The van der Waals surface area contributed by atoms with Gasteiger partial charge in [-0.2, -0.15) is 5.10 Å². The molecule has 1 amide bonds. The number of aryl methyl sites for hydroxylation is 5. The van der Waals surface area contributed by atoms with Crippen molar-refractivity contribution in [2.75, 3.05) is 39.3 Å². The molecule has 1 aliphatic rings. The Morgan fingerprint density at radius 3 is 2.25 bits per heavy atom. The maximum atomic E-state index is 13.1. The van der Waals surface area contributed by atoms with E-state index in [4.69, 9.17) is 21.1 Å². The predicted octanol–water partition coefficient (Wildman–Crippen LogP) is 7.19. The van der Waals surface area contributed by atoms with Gasteiger partial charge in [-0.05, 0) is 90.1 Å². The van der Waals surface area contributed by atoms with Crippen molar-refractivity contribution in [3.05, 3.63) is 69.1 Å². The first kappa shape index (κ1) is 35.3. The lowest BCUT2D eigenvalue weighted by Gasteiger charge is -2.35. The van der Waals surface area contributed by atoms with E-state index < -0.39 is 11.6 Å². The Hall–Kier alpha value is -4.02. The number of hydrogen-bond acceptors (Lipinski definition) is 6. The molecule has 0 saturated carbocycles. The van der Waals surface area contributed by atoms with Crippen LogP contribution in [-0.2, 0) is 24.8 Å². The molecule has 1 fully saturated rings. The summed E-state index contributed by atoms with van der Waals surface area (Å²) in [4.78, 5) is 29.7. The van der Waals surface area contributed by atoms with E-state index in [9.17, 15) is 14.7 Å². The number of rotatable bonds is 10. The van der Waals surface area contributed by atoms with Crippen molar-refractivity contribution in [1.82, 2.24) is 24.1 Å². The van der Waals surface area contributed by atoms with E-state index in [0.717, 1.165) is 60.9 Å². The monoisotopic (exact) mass is 677 g/mol. The maximum absolute atomic E-state index is 13.1. The number of piperazine rings is 1.